The predicted octanol–water partition coefficient (Wildman–Crippen LogP) is 2.44. The average molecular weight is 374 g/mol. The van der Waals surface area contributed by atoms with Gasteiger partial charge in [0.25, 0.3) is 0 Å². The van der Waals surface area contributed by atoms with Gasteiger partial charge < -0.3 is 19.9 Å². The van der Waals surface area contributed by atoms with Crippen molar-refractivity contribution in [1.82, 2.24) is 0 Å². The molecule has 2 unspecified atom stereocenters. The van der Waals surface area contributed by atoms with Gasteiger partial charge in [-0.25, -0.2) is 4.79 Å². The minimum absolute atomic E-state index is 0.0111. The van der Waals surface area contributed by atoms with Gasteiger partial charge in [-0.2, -0.15) is 4.99 Å². The molecule has 0 amide bonds. The minimum atomic E-state index is -0.917. The van der Waals surface area contributed by atoms with E-state index in [0.717, 1.165) is 11.1 Å². The molecule has 27 heavy (non-hydrogen) atoms. The summed E-state index contributed by atoms with van der Waals surface area (Å²) >= 11 is 0. The summed E-state index contributed by atoms with van der Waals surface area (Å²) in [6.45, 7) is 7.85. The Morgan fingerprint density at radius 2 is 1.67 bits per heavy atom. The van der Waals surface area contributed by atoms with Crippen molar-refractivity contribution in [2.24, 2.45) is 16.6 Å². The zero-order chi connectivity index (χ0) is 20.0. The van der Waals surface area contributed by atoms with Crippen LogP contribution in [0.2, 0.25) is 0 Å². The van der Waals surface area contributed by atoms with Crippen LogP contribution in [0, 0.1) is 12.8 Å². The predicted molar refractivity (Wildman–Crippen MR) is 101 cm³/mol. The SMILES string of the molecule is CCOC(=O)C1=C(N)N=C(OCC)C(C(=O)OCC)C1c1ccc(C)cc1. The highest BCUT2D eigenvalue weighted by atomic mass is 16.5. The Balaban J connectivity index is 2.65. The van der Waals surface area contributed by atoms with Crippen molar-refractivity contribution in [2.75, 3.05) is 19.8 Å². The number of carbonyl (C=O) groups excluding carboxylic acids is 2. The van der Waals surface area contributed by atoms with E-state index in [1.165, 1.54) is 0 Å². The van der Waals surface area contributed by atoms with E-state index >= 15 is 0 Å². The van der Waals surface area contributed by atoms with Crippen LogP contribution < -0.4 is 5.73 Å². The molecule has 0 saturated heterocycles. The van der Waals surface area contributed by atoms with Gasteiger partial charge in [-0.05, 0) is 33.3 Å². The topological polar surface area (TPSA) is 100 Å². The lowest BCUT2D eigenvalue weighted by molar-refractivity contribution is -0.146. The molecule has 1 aliphatic heterocycles. The Kier molecular flexibility index (Phi) is 6.98. The molecule has 7 heteroatoms. The lowest BCUT2D eigenvalue weighted by Crippen LogP contribution is -2.40. The highest BCUT2D eigenvalue weighted by molar-refractivity contribution is 6.04. The summed E-state index contributed by atoms with van der Waals surface area (Å²) in [5.41, 5.74) is 8.01. The Bertz CT molecular complexity index is 752. The van der Waals surface area contributed by atoms with Crippen LogP contribution in [0.1, 0.15) is 37.8 Å². The number of aliphatic imine (C=N–C) groups is 1. The van der Waals surface area contributed by atoms with Crippen LogP contribution in [-0.2, 0) is 23.8 Å². The first-order valence-corrected chi connectivity index (χ1v) is 9.05. The van der Waals surface area contributed by atoms with Gasteiger partial charge in [0.15, 0.2) is 0 Å². The number of carbonyl (C=O) groups is 2. The third-order valence-electron chi connectivity index (χ3n) is 4.18. The molecule has 0 aromatic heterocycles. The van der Waals surface area contributed by atoms with E-state index in [-0.39, 0.29) is 30.5 Å². The first-order chi connectivity index (χ1) is 12.9. The molecular formula is C20H26N2O5. The summed E-state index contributed by atoms with van der Waals surface area (Å²) in [7, 11) is 0. The van der Waals surface area contributed by atoms with E-state index < -0.39 is 23.8 Å². The second kappa shape index (κ2) is 9.21. The van der Waals surface area contributed by atoms with Crippen molar-refractivity contribution in [3.63, 3.8) is 0 Å². The van der Waals surface area contributed by atoms with E-state index in [9.17, 15) is 9.59 Å². The van der Waals surface area contributed by atoms with E-state index in [4.69, 9.17) is 19.9 Å². The molecule has 2 atom stereocenters. The second-order valence-corrected chi connectivity index (χ2v) is 6.02. The smallest absolute Gasteiger partial charge is 0.338 e. The number of esters is 2. The molecule has 1 heterocycles. The maximum absolute atomic E-state index is 12.8. The van der Waals surface area contributed by atoms with Gasteiger partial charge >= 0.3 is 11.9 Å². The van der Waals surface area contributed by atoms with Gasteiger partial charge in [-0.3, -0.25) is 4.79 Å². The van der Waals surface area contributed by atoms with Gasteiger partial charge in [0.05, 0.1) is 25.4 Å². The Morgan fingerprint density at radius 3 is 2.22 bits per heavy atom. The number of hydrogen-bond donors (Lipinski definition) is 1. The van der Waals surface area contributed by atoms with Crippen molar-refractivity contribution in [3.05, 3.63) is 46.8 Å². The van der Waals surface area contributed by atoms with Crippen LogP contribution in [0.5, 0.6) is 0 Å². The third kappa shape index (κ3) is 4.48. The standard InChI is InChI=1S/C20H26N2O5/c1-5-25-18-16(20(24)27-7-3)14(13-10-8-12(4)9-11-13)15(17(21)22-18)19(23)26-6-2/h8-11,14,16H,5-7,21H2,1-4H3. The van der Waals surface area contributed by atoms with E-state index in [2.05, 4.69) is 4.99 Å². The Hall–Kier alpha value is -2.83. The van der Waals surface area contributed by atoms with Gasteiger partial charge in [0, 0.05) is 5.92 Å². The van der Waals surface area contributed by atoms with Gasteiger partial charge in [0.2, 0.25) is 5.90 Å². The summed E-state index contributed by atoms with van der Waals surface area (Å²) in [4.78, 5) is 29.6. The molecule has 0 saturated carbocycles. The first kappa shape index (κ1) is 20.5. The van der Waals surface area contributed by atoms with E-state index in [1.54, 1.807) is 20.8 Å². The second-order valence-electron chi connectivity index (χ2n) is 6.02. The number of ether oxygens (including phenoxy) is 3. The monoisotopic (exact) mass is 374 g/mol. The lowest BCUT2D eigenvalue weighted by atomic mass is 9.78. The Labute approximate surface area is 159 Å². The number of rotatable bonds is 6. The van der Waals surface area contributed by atoms with Crippen LogP contribution in [0.25, 0.3) is 0 Å². The summed E-state index contributed by atoms with van der Waals surface area (Å²) in [6, 6.07) is 7.52. The minimum Gasteiger partial charge on any atom is -0.480 e. The highest BCUT2D eigenvalue weighted by Gasteiger charge is 2.45. The van der Waals surface area contributed by atoms with Crippen molar-refractivity contribution in [1.29, 1.82) is 0 Å². The number of aryl methyl sites for hydroxylation is 1. The molecule has 0 aliphatic carbocycles. The van der Waals surface area contributed by atoms with Crippen LogP contribution in [-0.4, -0.2) is 37.7 Å². The number of benzene rings is 1. The van der Waals surface area contributed by atoms with Crippen molar-refractivity contribution in [3.8, 4) is 0 Å². The van der Waals surface area contributed by atoms with Crippen molar-refractivity contribution >= 4 is 17.8 Å². The summed E-state index contributed by atoms with van der Waals surface area (Å²) in [6.07, 6.45) is 0. The summed E-state index contributed by atoms with van der Waals surface area (Å²) < 4.78 is 16.0. The number of hydrogen-bond acceptors (Lipinski definition) is 7. The van der Waals surface area contributed by atoms with Crippen molar-refractivity contribution in [2.45, 2.75) is 33.6 Å². The molecule has 2 N–H and O–H groups in total. The van der Waals surface area contributed by atoms with Gasteiger partial charge in [-0.1, -0.05) is 29.8 Å². The molecule has 0 bridgehead atoms. The fourth-order valence-electron chi connectivity index (χ4n) is 3.03. The maximum Gasteiger partial charge on any atom is 0.338 e. The van der Waals surface area contributed by atoms with Crippen LogP contribution >= 0.6 is 0 Å². The average Bonchev–Trinajstić information content (AvgIpc) is 2.62. The normalized spacial score (nSPS) is 19.3. The van der Waals surface area contributed by atoms with Gasteiger partial charge in [-0.15, -0.1) is 0 Å². The van der Waals surface area contributed by atoms with Crippen LogP contribution in [0.4, 0.5) is 0 Å². The molecule has 0 spiro atoms. The summed E-state index contributed by atoms with van der Waals surface area (Å²) in [5, 5.41) is 0. The van der Waals surface area contributed by atoms with Gasteiger partial charge in [0.1, 0.15) is 11.7 Å². The molecule has 0 fully saturated rings. The molecule has 7 nitrogen and oxygen atoms in total. The van der Waals surface area contributed by atoms with E-state index in [1.807, 2.05) is 31.2 Å². The zero-order valence-corrected chi connectivity index (χ0v) is 16.2. The molecule has 2 rings (SSSR count). The molecule has 146 valence electrons. The summed E-state index contributed by atoms with van der Waals surface area (Å²) in [5.74, 6) is -2.61. The first-order valence-electron chi connectivity index (χ1n) is 9.05. The van der Waals surface area contributed by atoms with Crippen LogP contribution in [0.3, 0.4) is 0 Å². The number of nitrogens with two attached hydrogens (primary N) is 1. The van der Waals surface area contributed by atoms with E-state index in [0.29, 0.717) is 6.61 Å². The largest absolute Gasteiger partial charge is 0.480 e. The fourth-order valence-corrected chi connectivity index (χ4v) is 3.03. The third-order valence-corrected chi connectivity index (χ3v) is 4.18. The molecule has 1 aromatic carbocycles. The number of nitrogens with zero attached hydrogens (tertiary/aromatic N) is 1. The van der Waals surface area contributed by atoms with Crippen molar-refractivity contribution < 1.29 is 23.8 Å². The molecule has 1 aromatic rings. The molecule has 1 aliphatic rings. The lowest BCUT2D eigenvalue weighted by Gasteiger charge is -2.31. The van der Waals surface area contributed by atoms with Crippen LogP contribution in [0.15, 0.2) is 40.7 Å². The Morgan fingerprint density at radius 1 is 1.04 bits per heavy atom. The quantitative estimate of drug-likeness (QED) is 0.768. The highest BCUT2D eigenvalue weighted by Crippen LogP contribution is 2.39. The molecule has 0 radical (unpaired) electrons. The maximum atomic E-state index is 12.8. The fraction of sp³-hybridized carbons (Fsp3) is 0.450. The zero-order valence-electron chi connectivity index (χ0n) is 16.2. The molecular weight excluding hydrogens is 348 g/mol.